The topological polar surface area (TPSA) is 28.2 Å². The van der Waals surface area contributed by atoms with Crippen molar-refractivity contribution in [2.45, 2.75) is 26.6 Å². The average molecular weight is 269 g/mol. The Bertz CT molecular complexity index is 511. The minimum absolute atomic E-state index is 0.921. The molecule has 1 aromatic carbocycles. The fraction of sp³-hybridized carbons (Fsp3) is 0.353. The van der Waals surface area contributed by atoms with Gasteiger partial charge in [-0.1, -0.05) is 31.2 Å². The standard InChI is InChI=1S/C17H23N3/c1-3-20(13-15-7-9-19-10-8-15)14-17-6-4-5-16(11-17)12-18-2/h4-11,18H,3,12-14H2,1-2H3. The first-order valence-corrected chi connectivity index (χ1v) is 7.15. The van der Waals surface area contributed by atoms with Gasteiger partial charge in [-0.25, -0.2) is 0 Å². The van der Waals surface area contributed by atoms with Crippen LogP contribution in [0, 0.1) is 0 Å². The molecule has 2 rings (SSSR count). The summed E-state index contributed by atoms with van der Waals surface area (Å²) in [6.45, 7) is 6.12. The lowest BCUT2D eigenvalue weighted by Gasteiger charge is -2.21. The highest BCUT2D eigenvalue weighted by Gasteiger charge is 2.05. The van der Waals surface area contributed by atoms with Gasteiger partial charge < -0.3 is 5.32 Å². The lowest BCUT2D eigenvalue weighted by Crippen LogP contribution is -2.22. The molecular formula is C17H23N3. The number of nitrogens with zero attached hydrogens (tertiary/aromatic N) is 2. The van der Waals surface area contributed by atoms with Crippen molar-refractivity contribution in [3.8, 4) is 0 Å². The van der Waals surface area contributed by atoms with Gasteiger partial charge in [0.15, 0.2) is 0 Å². The summed E-state index contributed by atoms with van der Waals surface area (Å²) >= 11 is 0. The second-order valence-corrected chi connectivity index (χ2v) is 5.01. The van der Waals surface area contributed by atoms with E-state index in [1.807, 2.05) is 19.4 Å². The summed E-state index contributed by atoms with van der Waals surface area (Å²) in [6.07, 6.45) is 3.72. The molecule has 0 saturated heterocycles. The van der Waals surface area contributed by atoms with Crippen LogP contribution in [0.4, 0.5) is 0 Å². The molecule has 2 aromatic rings. The highest BCUT2D eigenvalue weighted by atomic mass is 15.1. The normalized spacial score (nSPS) is 10.9. The number of pyridine rings is 1. The molecule has 0 radical (unpaired) electrons. The molecule has 0 spiro atoms. The van der Waals surface area contributed by atoms with E-state index < -0.39 is 0 Å². The molecule has 0 aliphatic rings. The summed E-state index contributed by atoms with van der Waals surface area (Å²) in [7, 11) is 1.98. The highest BCUT2D eigenvalue weighted by Crippen LogP contribution is 2.11. The molecule has 1 N–H and O–H groups in total. The molecule has 0 aliphatic carbocycles. The molecule has 3 nitrogen and oxygen atoms in total. The van der Waals surface area contributed by atoms with Gasteiger partial charge in [0.05, 0.1) is 0 Å². The van der Waals surface area contributed by atoms with Crippen LogP contribution >= 0.6 is 0 Å². The molecule has 1 heterocycles. The number of hydrogen-bond acceptors (Lipinski definition) is 3. The van der Waals surface area contributed by atoms with Crippen LogP contribution in [-0.4, -0.2) is 23.5 Å². The number of nitrogens with one attached hydrogen (secondary N) is 1. The molecular weight excluding hydrogens is 246 g/mol. The maximum Gasteiger partial charge on any atom is 0.0271 e. The number of hydrogen-bond donors (Lipinski definition) is 1. The zero-order chi connectivity index (χ0) is 14.2. The van der Waals surface area contributed by atoms with E-state index in [0.717, 1.165) is 26.2 Å². The molecule has 0 atom stereocenters. The molecule has 0 fully saturated rings. The van der Waals surface area contributed by atoms with Crippen molar-refractivity contribution in [2.24, 2.45) is 0 Å². The number of benzene rings is 1. The summed E-state index contributed by atoms with van der Waals surface area (Å²) in [4.78, 5) is 6.51. The van der Waals surface area contributed by atoms with Crippen LogP contribution in [0.5, 0.6) is 0 Å². The van der Waals surface area contributed by atoms with E-state index in [-0.39, 0.29) is 0 Å². The van der Waals surface area contributed by atoms with Crippen LogP contribution in [0.2, 0.25) is 0 Å². The van der Waals surface area contributed by atoms with Crippen LogP contribution in [-0.2, 0) is 19.6 Å². The van der Waals surface area contributed by atoms with Crippen LogP contribution < -0.4 is 5.32 Å². The van der Waals surface area contributed by atoms with E-state index >= 15 is 0 Å². The predicted octanol–water partition coefficient (Wildman–Crippen LogP) is 2.82. The van der Waals surface area contributed by atoms with Crippen molar-refractivity contribution in [3.63, 3.8) is 0 Å². The first-order chi connectivity index (χ1) is 9.81. The lowest BCUT2D eigenvalue weighted by atomic mass is 10.1. The minimum atomic E-state index is 0.921. The quantitative estimate of drug-likeness (QED) is 0.838. The van der Waals surface area contributed by atoms with Gasteiger partial charge in [-0.2, -0.15) is 0 Å². The maximum atomic E-state index is 4.07. The highest BCUT2D eigenvalue weighted by molar-refractivity contribution is 5.23. The first kappa shape index (κ1) is 14.7. The van der Waals surface area contributed by atoms with E-state index in [1.54, 1.807) is 0 Å². The van der Waals surface area contributed by atoms with Crippen molar-refractivity contribution < 1.29 is 0 Å². The van der Waals surface area contributed by atoms with Gasteiger partial charge in [0.2, 0.25) is 0 Å². The van der Waals surface area contributed by atoms with Crippen molar-refractivity contribution >= 4 is 0 Å². The van der Waals surface area contributed by atoms with Gasteiger partial charge in [-0.3, -0.25) is 9.88 Å². The Balaban J connectivity index is 2.00. The monoisotopic (exact) mass is 269 g/mol. The Morgan fingerprint density at radius 1 is 1.00 bits per heavy atom. The van der Waals surface area contributed by atoms with Gasteiger partial charge in [0, 0.05) is 32.0 Å². The summed E-state index contributed by atoms with van der Waals surface area (Å²) in [6, 6.07) is 13.0. The van der Waals surface area contributed by atoms with Crippen molar-refractivity contribution in [3.05, 3.63) is 65.5 Å². The zero-order valence-electron chi connectivity index (χ0n) is 12.3. The van der Waals surface area contributed by atoms with Crippen molar-refractivity contribution in [1.29, 1.82) is 0 Å². The SMILES string of the molecule is CCN(Cc1ccncc1)Cc1cccc(CNC)c1. The number of aromatic nitrogens is 1. The average Bonchev–Trinajstić information content (AvgIpc) is 2.48. The number of rotatable bonds is 7. The zero-order valence-corrected chi connectivity index (χ0v) is 12.3. The van der Waals surface area contributed by atoms with E-state index in [0.29, 0.717) is 0 Å². The fourth-order valence-corrected chi connectivity index (χ4v) is 2.33. The summed E-state index contributed by atoms with van der Waals surface area (Å²) in [5, 5.41) is 3.20. The van der Waals surface area contributed by atoms with Gasteiger partial charge in [-0.15, -0.1) is 0 Å². The third-order valence-corrected chi connectivity index (χ3v) is 3.38. The Hall–Kier alpha value is -1.71. The molecule has 1 aromatic heterocycles. The molecule has 0 saturated carbocycles. The Morgan fingerprint density at radius 3 is 2.40 bits per heavy atom. The van der Waals surface area contributed by atoms with Gasteiger partial charge >= 0.3 is 0 Å². The van der Waals surface area contributed by atoms with E-state index in [4.69, 9.17) is 0 Å². The van der Waals surface area contributed by atoms with E-state index in [9.17, 15) is 0 Å². The first-order valence-electron chi connectivity index (χ1n) is 7.15. The summed E-state index contributed by atoms with van der Waals surface area (Å²) in [5.74, 6) is 0. The predicted molar refractivity (Wildman–Crippen MR) is 83.2 cm³/mol. The fourth-order valence-electron chi connectivity index (χ4n) is 2.33. The largest absolute Gasteiger partial charge is 0.316 e. The second kappa shape index (κ2) is 7.78. The molecule has 20 heavy (non-hydrogen) atoms. The molecule has 106 valence electrons. The van der Waals surface area contributed by atoms with Gasteiger partial charge in [0.25, 0.3) is 0 Å². The van der Waals surface area contributed by atoms with E-state index in [1.165, 1.54) is 16.7 Å². The molecule has 3 heteroatoms. The van der Waals surface area contributed by atoms with Crippen molar-refractivity contribution in [2.75, 3.05) is 13.6 Å². The molecule has 0 amide bonds. The Kier molecular flexibility index (Phi) is 5.71. The molecule has 0 bridgehead atoms. The summed E-state index contributed by atoms with van der Waals surface area (Å²) < 4.78 is 0. The van der Waals surface area contributed by atoms with E-state index in [2.05, 4.69) is 58.5 Å². The molecule has 0 unspecified atom stereocenters. The van der Waals surface area contributed by atoms with Gasteiger partial charge in [-0.05, 0) is 42.4 Å². The third kappa shape index (κ3) is 4.44. The van der Waals surface area contributed by atoms with Gasteiger partial charge in [0.1, 0.15) is 0 Å². The third-order valence-electron chi connectivity index (χ3n) is 3.38. The molecule has 0 aliphatic heterocycles. The smallest absolute Gasteiger partial charge is 0.0271 e. The van der Waals surface area contributed by atoms with Crippen LogP contribution in [0.25, 0.3) is 0 Å². The maximum absolute atomic E-state index is 4.07. The van der Waals surface area contributed by atoms with Crippen LogP contribution in [0.1, 0.15) is 23.6 Å². The second-order valence-electron chi connectivity index (χ2n) is 5.01. The lowest BCUT2D eigenvalue weighted by molar-refractivity contribution is 0.271. The van der Waals surface area contributed by atoms with Crippen LogP contribution in [0.3, 0.4) is 0 Å². The van der Waals surface area contributed by atoms with Crippen LogP contribution in [0.15, 0.2) is 48.8 Å². The van der Waals surface area contributed by atoms with Crippen molar-refractivity contribution in [1.82, 2.24) is 15.2 Å². The minimum Gasteiger partial charge on any atom is -0.316 e. The Morgan fingerprint density at radius 2 is 1.70 bits per heavy atom. The Labute approximate surface area is 121 Å². The summed E-state index contributed by atoms with van der Waals surface area (Å²) in [5.41, 5.74) is 4.02.